The van der Waals surface area contributed by atoms with Gasteiger partial charge in [-0.1, -0.05) is 42.5 Å². The molecule has 1 heterocycles. The lowest BCUT2D eigenvalue weighted by atomic mass is 10.1. The average Bonchev–Trinajstić information content (AvgIpc) is 2.69. The van der Waals surface area contributed by atoms with Crippen molar-refractivity contribution in [3.05, 3.63) is 85.1 Å². The minimum Gasteiger partial charge on any atom is -0.506 e. The SMILES string of the molecule is O=S(=O)(c1cccc(-c2ccccc2)c1)c1ccc(O)c2ncccc12. The van der Waals surface area contributed by atoms with E-state index in [-0.39, 0.29) is 21.1 Å². The van der Waals surface area contributed by atoms with Crippen LogP contribution < -0.4 is 0 Å². The fraction of sp³-hybridized carbons (Fsp3) is 0. The first kappa shape index (κ1) is 16.3. The maximum absolute atomic E-state index is 13.2. The Hall–Kier alpha value is -3.18. The van der Waals surface area contributed by atoms with Crippen LogP contribution in [0.15, 0.2) is 94.9 Å². The van der Waals surface area contributed by atoms with Crippen molar-refractivity contribution in [1.82, 2.24) is 4.98 Å². The number of phenols is 1. The lowest BCUT2D eigenvalue weighted by molar-refractivity contribution is 0.480. The van der Waals surface area contributed by atoms with E-state index < -0.39 is 9.84 Å². The number of fused-ring (bicyclic) bond motifs is 1. The molecule has 0 spiro atoms. The second kappa shape index (κ2) is 6.28. The molecular weight excluding hydrogens is 346 g/mol. The van der Waals surface area contributed by atoms with Crippen LogP contribution in [0.1, 0.15) is 0 Å². The van der Waals surface area contributed by atoms with Gasteiger partial charge in [-0.25, -0.2) is 8.42 Å². The lowest BCUT2D eigenvalue weighted by Gasteiger charge is -2.10. The highest BCUT2D eigenvalue weighted by atomic mass is 32.2. The van der Waals surface area contributed by atoms with Crippen LogP contribution in [0.5, 0.6) is 5.75 Å². The maximum atomic E-state index is 13.2. The number of hydrogen-bond donors (Lipinski definition) is 1. The minimum atomic E-state index is -3.76. The molecule has 0 fully saturated rings. The van der Waals surface area contributed by atoms with E-state index in [1.54, 1.807) is 30.3 Å². The van der Waals surface area contributed by atoms with Crippen LogP contribution >= 0.6 is 0 Å². The first-order chi connectivity index (χ1) is 12.6. The number of benzene rings is 3. The van der Waals surface area contributed by atoms with Crippen molar-refractivity contribution in [2.24, 2.45) is 0 Å². The molecule has 0 amide bonds. The number of nitrogens with zero attached hydrogens (tertiary/aromatic N) is 1. The van der Waals surface area contributed by atoms with Crippen LogP contribution in [-0.4, -0.2) is 18.5 Å². The highest BCUT2D eigenvalue weighted by Gasteiger charge is 2.22. The summed E-state index contributed by atoms with van der Waals surface area (Å²) in [5, 5.41) is 10.4. The Labute approximate surface area is 151 Å². The molecule has 0 saturated heterocycles. The monoisotopic (exact) mass is 361 g/mol. The molecule has 0 atom stereocenters. The van der Waals surface area contributed by atoms with Crippen LogP contribution in [0.25, 0.3) is 22.0 Å². The molecule has 5 heteroatoms. The molecule has 4 rings (SSSR count). The standard InChI is InChI=1S/C21H15NO3S/c23-19-11-12-20(18-10-5-13-22-21(18)19)26(24,25)17-9-4-8-16(14-17)15-6-2-1-3-7-15/h1-14,23H. The van der Waals surface area contributed by atoms with E-state index in [1.807, 2.05) is 36.4 Å². The maximum Gasteiger partial charge on any atom is 0.207 e. The Kier molecular flexibility index (Phi) is 3.93. The number of aromatic nitrogens is 1. The first-order valence-electron chi connectivity index (χ1n) is 8.05. The van der Waals surface area contributed by atoms with Gasteiger partial charge < -0.3 is 5.11 Å². The zero-order chi connectivity index (χ0) is 18.1. The van der Waals surface area contributed by atoms with E-state index >= 15 is 0 Å². The summed E-state index contributed by atoms with van der Waals surface area (Å²) < 4.78 is 26.5. The summed E-state index contributed by atoms with van der Waals surface area (Å²) in [5.74, 6) is -0.0439. The fourth-order valence-electron chi connectivity index (χ4n) is 2.97. The molecule has 0 radical (unpaired) electrons. The van der Waals surface area contributed by atoms with Gasteiger partial charge in [0.1, 0.15) is 11.3 Å². The molecule has 3 aromatic carbocycles. The fourth-order valence-corrected chi connectivity index (χ4v) is 4.46. The topological polar surface area (TPSA) is 67.3 Å². The van der Waals surface area contributed by atoms with Crippen LogP contribution in [-0.2, 0) is 9.84 Å². The van der Waals surface area contributed by atoms with Crippen molar-refractivity contribution in [3.63, 3.8) is 0 Å². The highest BCUT2D eigenvalue weighted by Crippen LogP contribution is 2.33. The summed E-state index contributed by atoms with van der Waals surface area (Å²) in [5.41, 5.74) is 2.04. The van der Waals surface area contributed by atoms with E-state index in [4.69, 9.17) is 0 Å². The molecule has 0 aliphatic rings. The predicted molar refractivity (Wildman–Crippen MR) is 101 cm³/mol. The average molecular weight is 361 g/mol. The van der Waals surface area contributed by atoms with Gasteiger partial charge in [-0.3, -0.25) is 4.98 Å². The van der Waals surface area contributed by atoms with E-state index in [9.17, 15) is 13.5 Å². The van der Waals surface area contributed by atoms with E-state index in [2.05, 4.69) is 4.98 Å². The molecule has 1 aromatic heterocycles. The summed E-state index contributed by atoms with van der Waals surface area (Å²) in [6, 6.07) is 22.6. The Morgan fingerprint density at radius 3 is 2.35 bits per heavy atom. The predicted octanol–water partition coefficient (Wildman–Crippen LogP) is 4.44. The molecule has 0 saturated carbocycles. The molecule has 1 N–H and O–H groups in total. The summed E-state index contributed by atoms with van der Waals surface area (Å²) >= 11 is 0. The number of rotatable bonds is 3. The second-order valence-electron chi connectivity index (χ2n) is 5.88. The van der Waals surface area contributed by atoms with Crippen LogP contribution in [0, 0.1) is 0 Å². The molecule has 0 bridgehead atoms. The molecule has 4 aromatic rings. The van der Waals surface area contributed by atoms with Gasteiger partial charge >= 0.3 is 0 Å². The number of sulfone groups is 1. The zero-order valence-electron chi connectivity index (χ0n) is 13.7. The Morgan fingerprint density at radius 2 is 1.54 bits per heavy atom. The van der Waals surface area contributed by atoms with E-state index in [0.29, 0.717) is 5.39 Å². The van der Waals surface area contributed by atoms with Gasteiger partial charge in [0.2, 0.25) is 9.84 Å². The van der Waals surface area contributed by atoms with E-state index in [0.717, 1.165) is 11.1 Å². The normalized spacial score (nSPS) is 11.5. The van der Waals surface area contributed by atoms with Crippen molar-refractivity contribution in [3.8, 4) is 16.9 Å². The molecule has 0 aliphatic carbocycles. The third kappa shape index (κ3) is 2.72. The quantitative estimate of drug-likeness (QED) is 0.586. The van der Waals surface area contributed by atoms with Crippen molar-refractivity contribution in [2.75, 3.05) is 0 Å². The third-order valence-corrected chi connectivity index (χ3v) is 6.06. The Morgan fingerprint density at radius 1 is 0.769 bits per heavy atom. The van der Waals surface area contributed by atoms with Crippen molar-refractivity contribution >= 4 is 20.7 Å². The van der Waals surface area contributed by atoms with Crippen molar-refractivity contribution < 1.29 is 13.5 Å². The summed E-state index contributed by atoms with van der Waals surface area (Å²) in [6.07, 6.45) is 1.52. The third-order valence-electron chi connectivity index (χ3n) is 4.25. The van der Waals surface area contributed by atoms with Gasteiger partial charge in [-0.15, -0.1) is 0 Å². The van der Waals surface area contributed by atoms with Crippen LogP contribution in [0.2, 0.25) is 0 Å². The molecular formula is C21H15NO3S. The largest absolute Gasteiger partial charge is 0.506 e. The zero-order valence-corrected chi connectivity index (χ0v) is 14.5. The lowest BCUT2D eigenvalue weighted by Crippen LogP contribution is -2.03. The molecule has 0 aliphatic heterocycles. The van der Waals surface area contributed by atoms with E-state index in [1.165, 1.54) is 18.3 Å². The Bertz CT molecular complexity index is 1200. The number of hydrogen-bond acceptors (Lipinski definition) is 4. The van der Waals surface area contributed by atoms with Crippen molar-refractivity contribution in [1.29, 1.82) is 0 Å². The van der Waals surface area contributed by atoms with Crippen LogP contribution in [0.3, 0.4) is 0 Å². The number of phenolic OH excluding ortho intramolecular Hbond substituents is 1. The smallest absolute Gasteiger partial charge is 0.207 e. The van der Waals surface area contributed by atoms with Crippen molar-refractivity contribution in [2.45, 2.75) is 9.79 Å². The second-order valence-corrected chi connectivity index (χ2v) is 7.80. The number of aromatic hydroxyl groups is 1. The van der Waals surface area contributed by atoms with Gasteiger partial charge in [0.15, 0.2) is 0 Å². The molecule has 26 heavy (non-hydrogen) atoms. The summed E-state index contributed by atoms with van der Waals surface area (Å²) in [6.45, 7) is 0. The van der Waals surface area contributed by atoms with Gasteiger partial charge in [-0.2, -0.15) is 0 Å². The summed E-state index contributed by atoms with van der Waals surface area (Å²) in [4.78, 5) is 4.43. The highest BCUT2D eigenvalue weighted by molar-refractivity contribution is 7.91. The number of pyridine rings is 1. The van der Waals surface area contributed by atoms with Crippen LogP contribution in [0.4, 0.5) is 0 Å². The molecule has 4 nitrogen and oxygen atoms in total. The molecule has 0 unspecified atom stereocenters. The Balaban J connectivity index is 1.90. The van der Waals surface area contributed by atoms with Gasteiger partial charge in [0.05, 0.1) is 9.79 Å². The minimum absolute atomic E-state index is 0.0439. The summed E-state index contributed by atoms with van der Waals surface area (Å²) in [7, 11) is -3.76. The first-order valence-corrected chi connectivity index (χ1v) is 9.53. The van der Waals surface area contributed by atoms with Gasteiger partial charge in [0.25, 0.3) is 0 Å². The van der Waals surface area contributed by atoms with Gasteiger partial charge in [0, 0.05) is 11.6 Å². The molecule has 128 valence electrons. The van der Waals surface area contributed by atoms with Gasteiger partial charge in [-0.05, 0) is 47.5 Å².